The fraction of sp³-hybridized carbons (Fsp3) is 0.417. The number of sulfonamides is 1. The highest BCUT2D eigenvalue weighted by Gasteiger charge is 2.33. The monoisotopic (exact) mass is 511 g/mol. The minimum Gasteiger partial charge on any atom is -0.350 e. The number of hydrogen-bond donors (Lipinski definition) is 1. The minimum atomic E-state index is -4.01. The molecule has 0 fully saturated rings. The predicted molar refractivity (Wildman–Crippen MR) is 133 cm³/mol. The largest absolute Gasteiger partial charge is 0.350 e. The number of carbonyl (C=O) groups excluding carboxylic acids is 2. The normalized spacial score (nSPS) is 12.7. The lowest BCUT2D eigenvalue weighted by Crippen LogP contribution is -2.55. The topological polar surface area (TPSA) is 86.8 Å². The molecule has 186 valence electrons. The average molecular weight is 512 g/mol. The van der Waals surface area contributed by atoms with E-state index in [1.807, 2.05) is 20.8 Å². The summed E-state index contributed by atoms with van der Waals surface area (Å²) in [6, 6.07) is 11.3. The van der Waals surface area contributed by atoms with Crippen LogP contribution in [0.5, 0.6) is 0 Å². The van der Waals surface area contributed by atoms with E-state index in [1.165, 1.54) is 23.1 Å². The Labute approximate surface area is 205 Å². The van der Waals surface area contributed by atoms with Crippen LogP contribution in [-0.4, -0.2) is 49.5 Å². The van der Waals surface area contributed by atoms with Gasteiger partial charge in [-0.1, -0.05) is 48.9 Å². The first-order chi connectivity index (χ1) is 15.7. The van der Waals surface area contributed by atoms with Gasteiger partial charge in [0, 0.05) is 17.1 Å². The maximum atomic E-state index is 14.4. The van der Waals surface area contributed by atoms with E-state index in [2.05, 4.69) is 5.32 Å². The molecule has 2 rings (SSSR count). The van der Waals surface area contributed by atoms with Crippen molar-refractivity contribution in [3.05, 3.63) is 64.9 Å². The van der Waals surface area contributed by atoms with E-state index in [0.717, 1.165) is 12.3 Å². The van der Waals surface area contributed by atoms with Crippen molar-refractivity contribution in [2.24, 2.45) is 0 Å². The van der Waals surface area contributed by atoms with E-state index < -0.39 is 39.9 Å². The van der Waals surface area contributed by atoms with Crippen LogP contribution in [0.2, 0.25) is 5.02 Å². The maximum Gasteiger partial charge on any atom is 0.244 e. The Hall–Kier alpha value is -2.65. The number of carbonyl (C=O) groups is 2. The van der Waals surface area contributed by atoms with Crippen LogP contribution in [0.4, 0.5) is 10.1 Å². The molecule has 1 atom stereocenters. The molecule has 0 heterocycles. The first-order valence-electron chi connectivity index (χ1n) is 10.8. The number of nitrogens with one attached hydrogen (secondary N) is 1. The SMILES string of the molecule is CC[C@H](C(=O)NC(C)(C)C)N(Cc1ccccc1Cl)C(=O)CN(c1ccccc1F)S(C)(=O)=O. The summed E-state index contributed by atoms with van der Waals surface area (Å²) < 4.78 is 40.2. The molecule has 0 aliphatic rings. The summed E-state index contributed by atoms with van der Waals surface area (Å²) in [5, 5.41) is 3.28. The van der Waals surface area contributed by atoms with Gasteiger partial charge in [-0.05, 0) is 51.0 Å². The second-order valence-corrected chi connectivity index (χ2v) is 11.3. The molecule has 0 saturated carbocycles. The van der Waals surface area contributed by atoms with Gasteiger partial charge in [-0.25, -0.2) is 12.8 Å². The number of amides is 2. The van der Waals surface area contributed by atoms with Crippen molar-refractivity contribution >= 4 is 39.1 Å². The quantitative estimate of drug-likeness (QED) is 0.552. The van der Waals surface area contributed by atoms with Crippen molar-refractivity contribution in [3.63, 3.8) is 0 Å². The first kappa shape index (κ1) is 27.6. The van der Waals surface area contributed by atoms with Gasteiger partial charge in [-0.15, -0.1) is 0 Å². The molecule has 2 aromatic carbocycles. The second kappa shape index (κ2) is 11.2. The second-order valence-electron chi connectivity index (χ2n) is 9.00. The van der Waals surface area contributed by atoms with Gasteiger partial charge >= 0.3 is 0 Å². The van der Waals surface area contributed by atoms with Crippen LogP contribution in [0.3, 0.4) is 0 Å². The van der Waals surface area contributed by atoms with Crippen molar-refractivity contribution in [3.8, 4) is 0 Å². The van der Waals surface area contributed by atoms with E-state index in [0.29, 0.717) is 14.9 Å². The summed E-state index contributed by atoms with van der Waals surface area (Å²) >= 11 is 6.31. The zero-order chi connectivity index (χ0) is 25.7. The molecule has 0 radical (unpaired) electrons. The molecule has 34 heavy (non-hydrogen) atoms. The molecule has 10 heteroatoms. The number of benzene rings is 2. The molecular formula is C24H31ClFN3O4S. The van der Waals surface area contributed by atoms with Crippen LogP contribution in [0.1, 0.15) is 39.7 Å². The van der Waals surface area contributed by atoms with Gasteiger partial charge in [0.1, 0.15) is 18.4 Å². The van der Waals surface area contributed by atoms with Crippen molar-refractivity contribution in [1.29, 1.82) is 0 Å². The third-order valence-corrected chi connectivity index (χ3v) is 6.48. The maximum absolute atomic E-state index is 14.4. The molecule has 0 aromatic heterocycles. The van der Waals surface area contributed by atoms with Gasteiger partial charge in [-0.2, -0.15) is 0 Å². The van der Waals surface area contributed by atoms with Gasteiger partial charge in [0.05, 0.1) is 11.9 Å². The molecule has 0 unspecified atom stereocenters. The zero-order valence-corrected chi connectivity index (χ0v) is 21.6. The van der Waals surface area contributed by atoms with Crippen molar-refractivity contribution in [2.45, 2.75) is 52.2 Å². The lowest BCUT2D eigenvalue weighted by atomic mass is 10.1. The van der Waals surface area contributed by atoms with Crippen LogP contribution in [0.15, 0.2) is 48.5 Å². The third kappa shape index (κ3) is 7.43. The third-order valence-electron chi connectivity index (χ3n) is 4.98. The number of anilines is 1. The smallest absolute Gasteiger partial charge is 0.244 e. The molecule has 2 amide bonds. The van der Waals surface area contributed by atoms with Crippen molar-refractivity contribution in [2.75, 3.05) is 17.1 Å². The predicted octanol–water partition coefficient (Wildman–Crippen LogP) is 3.97. The van der Waals surface area contributed by atoms with E-state index in [9.17, 15) is 22.4 Å². The number of hydrogen-bond acceptors (Lipinski definition) is 4. The van der Waals surface area contributed by atoms with E-state index in [1.54, 1.807) is 31.2 Å². The highest BCUT2D eigenvalue weighted by atomic mass is 35.5. The van der Waals surface area contributed by atoms with Gasteiger partial charge in [0.25, 0.3) is 0 Å². The lowest BCUT2D eigenvalue weighted by molar-refractivity contribution is -0.141. The molecule has 7 nitrogen and oxygen atoms in total. The number of rotatable bonds is 9. The Bertz CT molecular complexity index is 1140. The first-order valence-corrected chi connectivity index (χ1v) is 13.0. The Morgan fingerprint density at radius 3 is 2.21 bits per heavy atom. The van der Waals surface area contributed by atoms with Crippen LogP contribution in [0, 0.1) is 5.82 Å². The summed E-state index contributed by atoms with van der Waals surface area (Å²) in [7, 11) is -4.01. The Balaban J connectivity index is 2.49. The zero-order valence-electron chi connectivity index (χ0n) is 20.0. The summed E-state index contributed by atoms with van der Waals surface area (Å²) in [4.78, 5) is 27.9. The van der Waals surface area contributed by atoms with Gasteiger partial charge in [0.15, 0.2) is 0 Å². The average Bonchev–Trinajstić information content (AvgIpc) is 2.71. The highest BCUT2D eigenvalue weighted by Crippen LogP contribution is 2.24. The fourth-order valence-electron chi connectivity index (χ4n) is 3.43. The van der Waals surface area contributed by atoms with Crippen molar-refractivity contribution in [1.82, 2.24) is 10.2 Å². The van der Waals surface area contributed by atoms with Crippen LogP contribution in [0.25, 0.3) is 0 Å². The van der Waals surface area contributed by atoms with Gasteiger partial charge in [0.2, 0.25) is 21.8 Å². The molecule has 0 spiro atoms. The summed E-state index contributed by atoms with van der Waals surface area (Å²) in [6.07, 6.45) is 1.17. The van der Waals surface area contributed by atoms with Crippen LogP contribution < -0.4 is 9.62 Å². The molecule has 0 saturated heterocycles. The summed E-state index contributed by atoms with van der Waals surface area (Å²) in [5.41, 5.74) is -0.199. The molecule has 2 aromatic rings. The Morgan fingerprint density at radius 1 is 1.09 bits per heavy atom. The fourth-order valence-corrected chi connectivity index (χ4v) is 4.48. The molecular weight excluding hydrogens is 481 g/mol. The highest BCUT2D eigenvalue weighted by molar-refractivity contribution is 7.92. The van der Waals surface area contributed by atoms with E-state index >= 15 is 0 Å². The van der Waals surface area contributed by atoms with Crippen LogP contribution >= 0.6 is 11.6 Å². The van der Waals surface area contributed by atoms with E-state index in [-0.39, 0.29) is 24.6 Å². The number of nitrogens with zero attached hydrogens (tertiary/aromatic N) is 2. The number of para-hydroxylation sites is 1. The standard InChI is InChI=1S/C24H31ClFN3O4S/c1-6-20(23(31)27-24(2,3)4)28(15-17-11-7-8-12-18(17)25)22(30)16-29(34(5,32)33)21-14-10-9-13-19(21)26/h7-14,20H,6,15-16H2,1-5H3,(H,27,31)/t20-/m1/s1. The van der Waals surface area contributed by atoms with Crippen LogP contribution in [-0.2, 0) is 26.2 Å². The van der Waals surface area contributed by atoms with Gasteiger partial charge in [-0.3, -0.25) is 13.9 Å². The Morgan fingerprint density at radius 2 is 1.68 bits per heavy atom. The number of halogens is 2. The summed E-state index contributed by atoms with van der Waals surface area (Å²) in [6.45, 7) is 6.52. The lowest BCUT2D eigenvalue weighted by Gasteiger charge is -2.34. The summed E-state index contributed by atoms with van der Waals surface area (Å²) in [5.74, 6) is -1.83. The van der Waals surface area contributed by atoms with Crippen molar-refractivity contribution < 1.29 is 22.4 Å². The molecule has 0 aliphatic carbocycles. The molecule has 0 aliphatic heterocycles. The minimum absolute atomic E-state index is 0.0244. The van der Waals surface area contributed by atoms with E-state index in [4.69, 9.17) is 11.6 Å². The molecule has 0 bridgehead atoms. The molecule has 1 N–H and O–H groups in total. The Kier molecular flexibility index (Phi) is 9.08. The van der Waals surface area contributed by atoms with Gasteiger partial charge < -0.3 is 10.2 Å².